The standard InChI is InChI=1S/C15H24N2O/c1-2-5-13-6-10-17(11-7-13)14(18)15(12-16)8-3-4-9-15/h13H,2-11H2,1H3. The SMILES string of the molecule is CCCC1CCN(C(=O)C2(C#N)CCCC2)CC1. The molecule has 3 nitrogen and oxygen atoms in total. The Labute approximate surface area is 110 Å². The van der Waals surface area contributed by atoms with E-state index in [1.54, 1.807) is 0 Å². The molecule has 2 aliphatic rings. The highest BCUT2D eigenvalue weighted by Gasteiger charge is 2.44. The van der Waals surface area contributed by atoms with Gasteiger partial charge in [-0.05, 0) is 31.6 Å². The maximum atomic E-state index is 12.5. The smallest absolute Gasteiger partial charge is 0.243 e. The lowest BCUT2D eigenvalue weighted by Gasteiger charge is -2.35. The van der Waals surface area contributed by atoms with Gasteiger partial charge in [0.05, 0.1) is 6.07 Å². The van der Waals surface area contributed by atoms with Crippen LogP contribution < -0.4 is 0 Å². The maximum Gasteiger partial charge on any atom is 0.243 e. The number of carbonyl (C=O) groups excluding carboxylic acids is 1. The van der Waals surface area contributed by atoms with Crippen LogP contribution in [-0.4, -0.2) is 23.9 Å². The summed E-state index contributed by atoms with van der Waals surface area (Å²) in [5, 5.41) is 9.36. The minimum atomic E-state index is -0.669. The molecule has 0 aromatic carbocycles. The van der Waals surface area contributed by atoms with Crippen molar-refractivity contribution in [2.24, 2.45) is 11.3 Å². The molecule has 0 N–H and O–H groups in total. The summed E-state index contributed by atoms with van der Waals surface area (Å²) in [7, 11) is 0. The van der Waals surface area contributed by atoms with Crippen molar-refractivity contribution in [3.05, 3.63) is 0 Å². The van der Waals surface area contributed by atoms with Crippen molar-refractivity contribution in [3.63, 3.8) is 0 Å². The molecule has 1 saturated heterocycles. The fourth-order valence-corrected chi connectivity index (χ4v) is 3.49. The first-order valence-corrected chi connectivity index (χ1v) is 7.42. The number of piperidine rings is 1. The lowest BCUT2D eigenvalue weighted by Crippen LogP contribution is -2.45. The van der Waals surface area contributed by atoms with Crippen LogP contribution in [0.2, 0.25) is 0 Å². The zero-order chi connectivity index (χ0) is 13.0. The molecule has 3 heteroatoms. The third-order valence-electron chi connectivity index (χ3n) is 4.68. The molecule has 1 saturated carbocycles. The fraction of sp³-hybridized carbons (Fsp3) is 0.867. The van der Waals surface area contributed by atoms with Gasteiger partial charge in [0.1, 0.15) is 5.41 Å². The molecule has 1 amide bonds. The van der Waals surface area contributed by atoms with Gasteiger partial charge in [-0.3, -0.25) is 4.79 Å². The highest BCUT2D eigenvalue weighted by atomic mass is 16.2. The summed E-state index contributed by atoms with van der Waals surface area (Å²) in [4.78, 5) is 14.5. The van der Waals surface area contributed by atoms with Crippen molar-refractivity contribution in [1.82, 2.24) is 4.90 Å². The molecule has 1 aliphatic heterocycles. The summed E-state index contributed by atoms with van der Waals surface area (Å²) < 4.78 is 0. The number of carbonyl (C=O) groups is 1. The first-order chi connectivity index (χ1) is 8.72. The van der Waals surface area contributed by atoms with E-state index in [1.165, 1.54) is 12.8 Å². The monoisotopic (exact) mass is 248 g/mol. The molecule has 2 fully saturated rings. The Morgan fingerprint density at radius 3 is 2.44 bits per heavy atom. The van der Waals surface area contributed by atoms with Gasteiger partial charge in [0.15, 0.2) is 0 Å². The predicted octanol–water partition coefficient (Wildman–Crippen LogP) is 3.11. The molecule has 0 aromatic heterocycles. The van der Waals surface area contributed by atoms with Crippen molar-refractivity contribution < 1.29 is 4.79 Å². The molecule has 18 heavy (non-hydrogen) atoms. The van der Waals surface area contributed by atoms with Crippen LogP contribution >= 0.6 is 0 Å². The van der Waals surface area contributed by atoms with E-state index in [0.29, 0.717) is 0 Å². The van der Waals surface area contributed by atoms with Crippen molar-refractivity contribution in [3.8, 4) is 6.07 Å². The highest BCUT2D eigenvalue weighted by molar-refractivity contribution is 5.85. The van der Waals surface area contributed by atoms with E-state index < -0.39 is 5.41 Å². The van der Waals surface area contributed by atoms with E-state index in [0.717, 1.165) is 57.5 Å². The molecule has 0 atom stereocenters. The first kappa shape index (κ1) is 13.4. The lowest BCUT2D eigenvalue weighted by molar-refractivity contribution is -0.140. The minimum absolute atomic E-state index is 0.123. The summed E-state index contributed by atoms with van der Waals surface area (Å²) in [5.74, 6) is 0.915. The van der Waals surface area contributed by atoms with Crippen LogP contribution in [0.3, 0.4) is 0 Å². The van der Waals surface area contributed by atoms with E-state index in [-0.39, 0.29) is 5.91 Å². The van der Waals surface area contributed by atoms with Crippen LogP contribution in [0.5, 0.6) is 0 Å². The topological polar surface area (TPSA) is 44.1 Å². The second-order valence-electron chi connectivity index (χ2n) is 5.93. The molecule has 0 radical (unpaired) electrons. The van der Waals surface area contributed by atoms with Crippen molar-refractivity contribution >= 4 is 5.91 Å². The van der Waals surface area contributed by atoms with E-state index in [2.05, 4.69) is 13.0 Å². The van der Waals surface area contributed by atoms with Gasteiger partial charge >= 0.3 is 0 Å². The quantitative estimate of drug-likeness (QED) is 0.770. The Hall–Kier alpha value is -1.04. The third-order valence-corrected chi connectivity index (χ3v) is 4.68. The molecule has 1 heterocycles. The van der Waals surface area contributed by atoms with Gasteiger partial charge in [0, 0.05) is 13.1 Å². The number of nitrogens with zero attached hydrogens (tertiary/aromatic N) is 2. The van der Waals surface area contributed by atoms with Crippen molar-refractivity contribution in [1.29, 1.82) is 5.26 Å². The molecule has 0 bridgehead atoms. The first-order valence-electron chi connectivity index (χ1n) is 7.42. The van der Waals surface area contributed by atoms with Gasteiger partial charge in [0.2, 0.25) is 5.91 Å². The molecular weight excluding hydrogens is 224 g/mol. The zero-order valence-electron chi connectivity index (χ0n) is 11.5. The van der Waals surface area contributed by atoms with Gasteiger partial charge in [-0.15, -0.1) is 0 Å². The predicted molar refractivity (Wildman–Crippen MR) is 70.7 cm³/mol. The van der Waals surface area contributed by atoms with Gasteiger partial charge in [-0.2, -0.15) is 5.26 Å². The molecule has 0 aromatic rings. The van der Waals surface area contributed by atoms with Gasteiger partial charge in [0.25, 0.3) is 0 Å². The van der Waals surface area contributed by atoms with Crippen molar-refractivity contribution in [2.45, 2.75) is 58.3 Å². The Morgan fingerprint density at radius 1 is 1.33 bits per heavy atom. The van der Waals surface area contributed by atoms with Crippen LogP contribution in [-0.2, 0) is 4.79 Å². The molecular formula is C15H24N2O. The molecule has 2 rings (SSSR count). The average Bonchev–Trinajstić information content (AvgIpc) is 2.89. The van der Waals surface area contributed by atoms with E-state index in [1.807, 2.05) is 4.90 Å². The van der Waals surface area contributed by atoms with Crippen LogP contribution in [0, 0.1) is 22.7 Å². The van der Waals surface area contributed by atoms with Crippen LogP contribution in [0.25, 0.3) is 0 Å². The number of rotatable bonds is 3. The Balaban J connectivity index is 1.93. The average molecular weight is 248 g/mol. The van der Waals surface area contributed by atoms with E-state index in [4.69, 9.17) is 0 Å². The number of likely N-dealkylation sites (tertiary alicyclic amines) is 1. The molecule has 1 aliphatic carbocycles. The number of hydrogen-bond acceptors (Lipinski definition) is 2. The van der Waals surface area contributed by atoms with Gasteiger partial charge < -0.3 is 4.90 Å². The summed E-state index contributed by atoms with van der Waals surface area (Å²) >= 11 is 0. The number of nitriles is 1. The normalized spacial score (nSPS) is 23.9. The third kappa shape index (κ3) is 2.53. The Bertz CT molecular complexity index is 331. The van der Waals surface area contributed by atoms with Gasteiger partial charge in [-0.25, -0.2) is 0 Å². The van der Waals surface area contributed by atoms with Gasteiger partial charge in [-0.1, -0.05) is 32.6 Å². The molecule has 0 spiro atoms. The van der Waals surface area contributed by atoms with Crippen LogP contribution in [0.1, 0.15) is 58.3 Å². The summed E-state index contributed by atoms with van der Waals surface area (Å²) in [6.45, 7) is 3.96. The zero-order valence-corrected chi connectivity index (χ0v) is 11.5. The Morgan fingerprint density at radius 2 is 1.94 bits per heavy atom. The van der Waals surface area contributed by atoms with Crippen molar-refractivity contribution in [2.75, 3.05) is 13.1 Å². The summed E-state index contributed by atoms with van der Waals surface area (Å²) in [6, 6.07) is 2.32. The highest BCUT2D eigenvalue weighted by Crippen LogP contribution is 2.40. The van der Waals surface area contributed by atoms with E-state index >= 15 is 0 Å². The molecule has 0 unspecified atom stereocenters. The second-order valence-corrected chi connectivity index (χ2v) is 5.93. The summed E-state index contributed by atoms with van der Waals surface area (Å²) in [5.41, 5.74) is -0.669. The molecule has 100 valence electrons. The largest absolute Gasteiger partial charge is 0.341 e. The summed E-state index contributed by atoms with van der Waals surface area (Å²) in [6.07, 6.45) is 8.39. The second kappa shape index (κ2) is 5.73. The number of hydrogen-bond donors (Lipinski definition) is 0. The lowest BCUT2D eigenvalue weighted by atomic mass is 9.84. The van der Waals surface area contributed by atoms with E-state index in [9.17, 15) is 10.1 Å². The number of amides is 1. The van der Waals surface area contributed by atoms with Crippen LogP contribution in [0.15, 0.2) is 0 Å². The Kier molecular flexibility index (Phi) is 4.27. The minimum Gasteiger partial charge on any atom is -0.341 e. The van der Waals surface area contributed by atoms with Crippen LogP contribution in [0.4, 0.5) is 0 Å². The fourth-order valence-electron chi connectivity index (χ4n) is 3.49. The maximum absolute atomic E-state index is 12.5.